The van der Waals surface area contributed by atoms with Gasteiger partial charge in [0.2, 0.25) is 0 Å². The Kier molecular flexibility index (Phi) is 3.55. The van der Waals surface area contributed by atoms with Gasteiger partial charge in [-0.05, 0) is 48.8 Å². The van der Waals surface area contributed by atoms with Crippen molar-refractivity contribution in [2.24, 2.45) is 5.92 Å². The number of ether oxygens (including phenoxy) is 1. The van der Waals surface area contributed by atoms with Crippen molar-refractivity contribution in [3.63, 3.8) is 0 Å². The van der Waals surface area contributed by atoms with Crippen LogP contribution in [0.2, 0.25) is 0 Å². The summed E-state index contributed by atoms with van der Waals surface area (Å²) in [6, 6.07) is 6.48. The van der Waals surface area contributed by atoms with Gasteiger partial charge in [-0.15, -0.1) is 0 Å². The van der Waals surface area contributed by atoms with E-state index in [9.17, 15) is 5.11 Å². The van der Waals surface area contributed by atoms with E-state index in [1.165, 1.54) is 36.8 Å². The van der Waals surface area contributed by atoms with Gasteiger partial charge in [0, 0.05) is 6.42 Å². The monoisotopic (exact) mass is 246 g/mol. The molecule has 18 heavy (non-hydrogen) atoms. The Hall–Kier alpha value is -1.02. The van der Waals surface area contributed by atoms with Crippen molar-refractivity contribution >= 4 is 0 Å². The molecule has 1 N–H and O–H groups in total. The Labute approximate surface area is 109 Å². The van der Waals surface area contributed by atoms with Crippen molar-refractivity contribution in [3.05, 3.63) is 29.3 Å². The third kappa shape index (κ3) is 2.54. The smallest absolute Gasteiger partial charge is 0.122 e. The van der Waals surface area contributed by atoms with E-state index in [4.69, 9.17) is 4.74 Å². The largest absolute Gasteiger partial charge is 0.493 e. The fourth-order valence-electron chi connectivity index (χ4n) is 3.29. The van der Waals surface area contributed by atoms with Crippen molar-refractivity contribution in [1.82, 2.24) is 0 Å². The number of rotatable bonds is 4. The molecule has 0 bridgehead atoms. The molecule has 0 saturated heterocycles. The Morgan fingerprint density at radius 1 is 1.28 bits per heavy atom. The lowest BCUT2D eigenvalue weighted by Crippen LogP contribution is -2.18. The molecule has 2 aliphatic rings. The Bertz CT molecular complexity index is 408. The molecule has 1 fully saturated rings. The molecule has 0 spiro atoms. The van der Waals surface area contributed by atoms with Gasteiger partial charge in [0.15, 0.2) is 0 Å². The molecule has 1 unspecified atom stereocenters. The van der Waals surface area contributed by atoms with E-state index in [-0.39, 0.29) is 6.10 Å². The number of aliphatic hydroxyl groups is 1. The van der Waals surface area contributed by atoms with Gasteiger partial charge in [-0.2, -0.15) is 0 Å². The number of aryl methyl sites for hydroxylation is 1. The SMILES string of the molecule is OC(CCc1ccc2c(c1)CCO2)C1CCCC1. The molecular weight excluding hydrogens is 224 g/mol. The fourth-order valence-corrected chi connectivity index (χ4v) is 3.29. The van der Waals surface area contributed by atoms with E-state index < -0.39 is 0 Å². The van der Waals surface area contributed by atoms with E-state index in [0.29, 0.717) is 5.92 Å². The summed E-state index contributed by atoms with van der Waals surface area (Å²) in [4.78, 5) is 0. The van der Waals surface area contributed by atoms with E-state index in [1.807, 2.05) is 0 Å². The fraction of sp³-hybridized carbons (Fsp3) is 0.625. The third-order valence-corrected chi connectivity index (χ3v) is 4.43. The lowest BCUT2D eigenvalue weighted by Gasteiger charge is -2.17. The van der Waals surface area contributed by atoms with Crippen molar-refractivity contribution in [2.45, 2.75) is 51.0 Å². The standard InChI is InChI=1S/C16H22O2/c17-15(13-3-1-2-4-13)7-5-12-6-8-16-14(11-12)9-10-18-16/h6,8,11,13,15,17H,1-5,7,9-10H2. The van der Waals surface area contributed by atoms with E-state index in [0.717, 1.165) is 31.6 Å². The molecule has 0 aromatic heterocycles. The molecule has 2 heteroatoms. The summed E-state index contributed by atoms with van der Waals surface area (Å²) in [5, 5.41) is 10.2. The van der Waals surface area contributed by atoms with Gasteiger partial charge in [-0.3, -0.25) is 0 Å². The predicted molar refractivity (Wildman–Crippen MR) is 71.9 cm³/mol. The van der Waals surface area contributed by atoms with Crippen LogP contribution in [-0.4, -0.2) is 17.8 Å². The molecule has 1 aliphatic carbocycles. The zero-order chi connectivity index (χ0) is 12.4. The maximum atomic E-state index is 10.2. The van der Waals surface area contributed by atoms with Crippen molar-refractivity contribution < 1.29 is 9.84 Å². The van der Waals surface area contributed by atoms with Crippen LogP contribution in [0.25, 0.3) is 0 Å². The predicted octanol–water partition coefficient (Wildman–Crippen LogP) is 3.11. The van der Waals surface area contributed by atoms with Gasteiger partial charge in [0.1, 0.15) is 5.75 Å². The molecule has 1 aromatic rings. The first-order chi connectivity index (χ1) is 8.83. The molecule has 1 atom stereocenters. The van der Waals surface area contributed by atoms with Gasteiger partial charge in [-0.1, -0.05) is 25.0 Å². The van der Waals surface area contributed by atoms with Crippen LogP contribution in [0.15, 0.2) is 18.2 Å². The summed E-state index contributed by atoms with van der Waals surface area (Å²) in [7, 11) is 0. The maximum Gasteiger partial charge on any atom is 0.122 e. The Morgan fingerprint density at radius 2 is 2.11 bits per heavy atom. The molecule has 0 amide bonds. The second-order valence-electron chi connectivity index (χ2n) is 5.69. The van der Waals surface area contributed by atoms with Crippen LogP contribution in [0.5, 0.6) is 5.75 Å². The summed E-state index contributed by atoms with van der Waals surface area (Å²) in [5.74, 6) is 1.61. The van der Waals surface area contributed by atoms with E-state index in [1.54, 1.807) is 0 Å². The average Bonchev–Trinajstić information content (AvgIpc) is 3.05. The zero-order valence-electron chi connectivity index (χ0n) is 10.9. The summed E-state index contributed by atoms with van der Waals surface area (Å²) in [6.45, 7) is 0.823. The zero-order valence-corrected chi connectivity index (χ0v) is 10.9. The lowest BCUT2D eigenvalue weighted by atomic mass is 9.94. The summed E-state index contributed by atoms with van der Waals surface area (Å²) < 4.78 is 5.51. The van der Waals surface area contributed by atoms with Crippen molar-refractivity contribution in [3.8, 4) is 5.75 Å². The normalized spacial score (nSPS) is 20.7. The summed E-state index contributed by atoms with van der Waals surface area (Å²) in [5.41, 5.74) is 2.68. The second kappa shape index (κ2) is 5.31. The summed E-state index contributed by atoms with van der Waals surface area (Å²) in [6.07, 6.45) is 7.88. The second-order valence-corrected chi connectivity index (χ2v) is 5.69. The van der Waals surface area contributed by atoms with Crippen molar-refractivity contribution in [1.29, 1.82) is 0 Å². The van der Waals surface area contributed by atoms with Crippen molar-refractivity contribution in [2.75, 3.05) is 6.61 Å². The van der Waals surface area contributed by atoms with Crippen LogP contribution >= 0.6 is 0 Å². The highest BCUT2D eigenvalue weighted by molar-refractivity contribution is 5.39. The van der Waals surface area contributed by atoms with Crippen LogP contribution in [0.3, 0.4) is 0 Å². The van der Waals surface area contributed by atoms with Crippen LogP contribution in [0.1, 0.15) is 43.2 Å². The first-order valence-electron chi connectivity index (χ1n) is 7.25. The first-order valence-corrected chi connectivity index (χ1v) is 7.25. The van der Waals surface area contributed by atoms with Gasteiger partial charge in [0.25, 0.3) is 0 Å². The highest BCUT2D eigenvalue weighted by Crippen LogP contribution is 2.30. The number of fused-ring (bicyclic) bond motifs is 1. The van der Waals surface area contributed by atoms with Gasteiger partial charge in [0.05, 0.1) is 12.7 Å². The Balaban J connectivity index is 1.56. The van der Waals surface area contributed by atoms with Crippen LogP contribution in [0, 0.1) is 5.92 Å². The highest BCUT2D eigenvalue weighted by atomic mass is 16.5. The Morgan fingerprint density at radius 3 is 2.94 bits per heavy atom. The average molecular weight is 246 g/mol. The molecule has 1 aromatic carbocycles. The number of hydrogen-bond donors (Lipinski definition) is 1. The number of aliphatic hydroxyl groups excluding tert-OH is 1. The molecule has 1 aliphatic heterocycles. The minimum Gasteiger partial charge on any atom is -0.493 e. The lowest BCUT2D eigenvalue weighted by molar-refractivity contribution is 0.102. The van der Waals surface area contributed by atoms with Gasteiger partial charge < -0.3 is 9.84 Å². The molecule has 1 saturated carbocycles. The van der Waals surface area contributed by atoms with Crippen LogP contribution in [0.4, 0.5) is 0 Å². The van der Waals surface area contributed by atoms with Crippen LogP contribution < -0.4 is 4.74 Å². The quantitative estimate of drug-likeness (QED) is 0.884. The molecular formula is C16H22O2. The number of benzene rings is 1. The topological polar surface area (TPSA) is 29.5 Å². The van der Waals surface area contributed by atoms with Gasteiger partial charge in [-0.25, -0.2) is 0 Å². The van der Waals surface area contributed by atoms with E-state index in [2.05, 4.69) is 18.2 Å². The minimum absolute atomic E-state index is 0.1000. The van der Waals surface area contributed by atoms with Gasteiger partial charge >= 0.3 is 0 Å². The molecule has 0 radical (unpaired) electrons. The maximum absolute atomic E-state index is 10.2. The molecule has 3 rings (SSSR count). The third-order valence-electron chi connectivity index (χ3n) is 4.43. The van der Waals surface area contributed by atoms with Crippen LogP contribution in [-0.2, 0) is 12.8 Å². The summed E-state index contributed by atoms with van der Waals surface area (Å²) >= 11 is 0. The van der Waals surface area contributed by atoms with E-state index >= 15 is 0 Å². The number of hydrogen-bond acceptors (Lipinski definition) is 2. The highest BCUT2D eigenvalue weighted by Gasteiger charge is 2.22. The molecule has 2 nitrogen and oxygen atoms in total. The molecule has 1 heterocycles. The first kappa shape index (κ1) is 12.0. The minimum atomic E-state index is -0.1000. The molecule has 98 valence electrons.